The maximum Gasteiger partial charge on any atom is 0.0546 e. The van der Waals surface area contributed by atoms with Gasteiger partial charge in [0.15, 0.2) is 0 Å². The van der Waals surface area contributed by atoms with Crippen molar-refractivity contribution in [3.05, 3.63) is 411 Å². The molecule has 0 heterocycles. The van der Waals surface area contributed by atoms with Gasteiger partial charge in [-0.2, -0.15) is 0 Å². The zero-order chi connectivity index (χ0) is 76.3. The van der Waals surface area contributed by atoms with E-state index in [4.69, 9.17) is 0 Å². The molecule has 0 amide bonds. The first kappa shape index (κ1) is 71.4. The lowest BCUT2D eigenvalue weighted by Crippen LogP contribution is -2.28. The largest absolute Gasteiger partial charge is 0.309 e. The first-order chi connectivity index (χ1) is 56.3. The molecule has 17 aromatic carbocycles. The van der Waals surface area contributed by atoms with Gasteiger partial charge < -0.3 is 9.80 Å². The Balaban J connectivity index is 0.738. The molecule has 19 rings (SSSR count). The summed E-state index contributed by atoms with van der Waals surface area (Å²) >= 11 is 0. The van der Waals surface area contributed by atoms with Crippen LogP contribution in [0.2, 0.25) is 0 Å². The number of hydrogen-bond acceptors (Lipinski definition) is 2. The molecule has 0 N–H and O–H groups in total. The first-order valence-electron chi connectivity index (χ1n) is 41.4. The summed E-state index contributed by atoms with van der Waals surface area (Å²) in [4.78, 5) is 5.18. The lowest BCUT2D eigenvalue weighted by molar-refractivity contribution is 0.245. The lowest BCUT2D eigenvalue weighted by atomic mass is 9.66. The molecule has 0 bridgehead atoms. The molecule has 2 heteroatoms. The number of hydrogen-bond donors (Lipinski definition) is 0. The summed E-state index contributed by atoms with van der Waals surface area (Å²) in [7, 11) is 0. The summed E-state index contributed by atoms with van der Waals surface area (Å²) in [5.41, 5.74) is 30.0. The molecule has 2 fully saturated rings. The Hall–Kier alpha value is -12.9. The second-order valence-electron chi connectivity index (χ2n) is 32.4. The van der Waals surface area contributed by atoms with Crippen LogP contribution in [0.5, 0.6) is 0 Å². The van der Waals surface area contributed by atoms with E-state index < -0.39 is 0 Å². The highest BCUT2D eigenvalue weighted by molar-refractivity contribution is 6.07. The maximum absolute atomic E-state index is 2.62. The zero-order valence-electron chi connectivity index (χ0n) is 65.2. The van der Waals surface area contributed by atoms with E-state index in [1.165, 1.54) is 178 Å². The van der Waals surface area contributed by atoms with Crippen molar-refractivity contribution < 1.29 is 0 Å². The summed E-state index contributed by atoms with van der Waals surface area (Å²) in [5, 5.41) is 7.78. The van der Waals surface area contributed by atoms with Crippen molar-refractivity contribution in [2.75, 3.05) is 9.80 Å². The van der Waals surface area contributed by atoms with E-state index in [9.17, 15) is 0 Å². The van der Waals surface area contributed by atoms with Crippen LogP contribution in [0.15, 0.2) is 394 Å². The van der Waals surface area contributed by atoms with E-state index in [1.807, 2.05) is 0 Å². The fourth-order valence-corrected chi connectivity index (χ4v) is 19.4. The van der Waals surface area contributed by atoms with Crippen LogP contribution in [0.25, 0.3) is 121 Å². The SMILES string of the molecule is CC(C)(CC1CCCCC1c1cccc2cccc(-c3ccccc3N(c3ccc(-c4ccccc4)cc3)c3cc(-c4cccc5ccccc45)ccc3-c3ccccc3)c12)c1ccc(-c2ccccc2)c(N(c2ccc(-c3ccc(-c4ccccc4)cc3)cc2)c2ccccc2-c2cccc3cccc(C4CCCCC4)c23)c1. The van der Waals surface area contributed by atoms with Gasteiger partial charge in [-0.15, -0.1) is 0 Å². The van der Waals surface area contributed by atoms with Gasteiger partial charge in [0.25, 0.3) is 0 Å². The smallest absolute Gasteiger partial charge is 0.0546 e. The van der Waals surface area contributed by atoms with E-state index in [-0.39, 0.29) is 5.41 Å². The van der Waals surface area contributed by atoms with Crippen LogP contribution >= 0.6 is 0 Å². The van der Waals surface area contributed by atoms with Crippen molar-refractivity contribution in [3.8, 4) is 89.0 Å². The van der Waals surface area contributed by atoms with Crippen molar-refractivity contribution in [2.45, 2.75) is 95.3 Å². The first-order valence-corrected chi connectivity index (χ1v) is 41.4. The van der Waals surface area contributed by atoms with Gasteiger partial charge in [-0.05, 0) is 220 Å². The molecule has 0 spiro atoms. The molecule has 0 aromatic heterocycles. The molecular formula is C112H94N2. The molecule has 2 nitrogen and oxygen atoms in total. The minimum atomic E-state index is -0.247. The molecular weight excluding hydrogens is 1370 g/mol. The van der Waals surface area contributed by atoms with Crippen LogP contribution in [0, 0.1) is 5.92 Å². The van der Waals surface area contributed by atoms with E-state index in [1.54, 1.807) is 0 Å². The summed E-state index contributed by atoms with van der Waals surface area (Å²) in [5.74, 6) is 1.25. The van der Waals surface area contributed by atoms with Crippen LogP contribution in [-0.2, 0) is 5.41 Å². The van der Waals surface area contributed by atoms with Crippen molar-refractivity contribution in [2.24, 2.45) is 5.92 Å². The predicted molar refractivity (Wildman–Crippen MR) is 486 cm³/mol. The zero-order valence-corrected chi connectivity index (χ0v) is 65.2. The molecule has 0 saturated heterocycles. The molecule has 552 valence electrons. The molecule has 2 atom stereocenters. The van der Waals surface area contributed by atoms with Crippen LogP contribution in [0.3, 0.4) is 0 Å². The third-order valence-corrected chi connectivity index (χ3v) is 25.1. The van der Waals surface area contributed by atoms with Crippen molar-refractivity contribution >= 4 is 66.4 Å². The molecule has 2 aliphatic carbocycles. The van der Waals surface area contributed by atoms with Crippen LogP contribution in [-0.4, -0.2) is 0 Å². The monoisotopic (exact) mass is 1470 g/mol. The minimum Gasteiger partial charge on any atom is -0.309 e. The standard InChI is InChI=1S/C112H94N2/c1-112(2,92-68-74-99(86-37-14-6-15-38-86)109(76-92)114(94-71-65-83(66-72-94)81-61-59-80(60-62-81)78-31-8-3-9-32-78)107-58-25-22-50-101(107)104-55-29-45-88-44-27-53-100(110(88)104)87-39-16-7-17-40-87)77-91-42-19-21-49-97(91)103-54-28-46-89-47-30-56-105(111(89)103)102-51-23-24-57-106(102)113(93-69-63-82(64-70-93)79-33-10-4-11-34-79)108-75-90(67-73-98(108)85-35-12-5-13-36-85)96-52-26-43-84-41-18-20-48-95(84)96/h3-6,8-15,18,20,22-38,41,43-48,50-76,87,91,97H,7,16-17,19,21,39-40,42,49,77H2,1-2H3. The Labute approximate surface area is 673 Å². The lowest BCUT2D eigenvalue weighted by Gasteiger charge is -2.39. The topological polar surface area (TPSA) is 6.48 Å². The Kier molecular flexibility index (Phi) is 19.9. The molecule has 0 radical (unpaired) electrons. The summed E-state index contributed by atoms with van der Waals surface area (Å²) < 4.78 is 0. The van der Waals surface area contributed by atoms with Crippen LogP contribution in [0.1, 0.15) is 107 Å². The quantitative estimate of drug-likeness (QED) is 0.0796. The Morgan fingerprint density at radius 1 is 0.254 bits per heavy atom. The molecule has 0 aliphatic heterocycles. The van der Waals surface area contributed by atoms with Crippen molar-refractivity contribution in [3.63, 3.8) is 0 Å². The van der Waals surface area contributed by atoms with Gasteiger partial charge >= 0.3 is 0 Å². The fourth-order valence-electron chi connectivity index (χ4n) is 19.4. The average molecular weight is 1470 g/mol. The van der Waals surface area contributed by atoms with Gasteiger partial charge in [0.1, 0.15) is 0 Å². The number of anilines is 6. The summed E-state index contributed by atoms with van der Waals surface area (Å²) in [6.07, 6.45) is 12.1. The van der Waals surface area contributed by atoms with E-state index in [2.05, 4.69) is 418 Å². The van der Waals surface area contributed by atoms with Gasteiger partial charge in [-0.1, -0.05) is 392 Å². The fraction of sp³-hybridized carbons (Fsp3) is 0.143. The van der Waals surface area contributed by atoms with Gasteiger partial charge in [0.2, 0.25) is 0 Å². The Morgan fingerprint density at radius 3 is 1.18 bits per heavy atom. The second-order valence-corrected chi connectivity index (χ2v) is 32.4. The third kappa shape index (κ3) is 14.1. The number of fused-ring (bicyclic) bond motifs is 3. The second kappa shape index (κ2) is 31.7. The van der Waals surface area contributed by atoms with Gasteiger partial charge in [-0.25, -0.2) is 0 Å². The van der Waals surface area contributed by atoms with Crippen LogP contribution < -0.4 is 9.80 Å². The highest BCUT2D eigenvalue weighted by Crippen LogP contribution is 2.54. The van der Waals surface area contributed by atoms with E-state index in [0.29, 0.717) is 17.8 Å². The van der Waals surface area contributed by atoms with Gasteiger partial charge in [0.05, 0.1) is 22.7 Å². The summed E-state index contributed by atoms with van der Waals surface area (Å²) in [6, 6.07) is 149. The van der Waals surface area contributed by atoms with E-state index in [0.717, 1.165) is 58.8 Å². The maximum atomic E-state index is 2.62. The summed E-state index contributed by atoms with van der Waals surface area (Å²) in [6.45, 7) is 5.09. The van der Waals surface area contributed by atoms with Gasteiger partial charge in [0, 0.05) is 33.6 Å². The molecule has 2 saturated carbocycles. The highest BCUT2D eigenvalue weighted by Gasteiger charge is 2.36. The third-order valence-electron chi connectivity index (χ3n) is 25.1. The number of rotatable bonds is 19. The molecule has 2 unspecified atom stereocenters. The minimum absolute atomic E-state index is 0.247. The normalized spacial score (nSPS) is 14.6. The van der Waals surface area contributed by atoms with Crippen LogP contribution in [0.4, 0.5) is 34.1 Å². The predicted octanol–water partition coefficient (Wildman–Crippen LogP) is 32.1. The average Bonchev–Trinajstić information content (AvgIpc) is 0.750. The molecule has 2 aliphatic rings. The van der Waals surface area contributed by atoms with Gasteiger partial charge in [-0.3, -0.25) is 0 Å². The Morgan fingerprint density at radius 2 is 0.632 bits per heavy atom. The number of benzene rings is 17. The van der Waals surface area contributed by atoms with E-state index >= 15 is 0 Å². The van der Waals surface area contributed by atoms with Crippen molar-refractivity contribution in [1.29, 1.82) is 0 Å². The molecule has 114 heavy (non-hydrogen) atoms. The number of nitrogens with zero attached hydrogens (tertiary/aromatic N) is 2. The number of para-hydroxylation sites is 2. The van der Waals surface area contributed by atoms with Crippen molar-refractivity contribution in [1.82, 2.24) is 0 Å². The molecule has 17 aromatic rings. The Bertz CT molecular complexity index is 6240. The highest BCUT2D eigenvalue weighted by atomic mass is 15.2.